The van der Waals surface area contributed by atoms with Crippen molar-refractivity contribution in [2.45, 2.75) is 30.5 Å². The Bertz CT molecular complexity index is 2080. The number of carbonyl (C=O) groups excluding carboxylic acids is 5. The van der Waals surface area contributed by atoms with E-state index in [0.29, 0.717) is 16.7 Å². The smallest absolute Gasteiger partial charge is 0.356 e. The first kappa shape index (κ1) is 34.6. The highest BCUT2D eigenvalue weighted by atomic mass is 32.2. The van der Waals surface area contributed by atoms with Crippen LogP contribution < -0.4 is 16.6 Å². The molecular weight excluding hydrogens is 680 g/mol. The predicted molar refractivity (Wildman–Crippen MR) is 182 cm³/mol. The molecule has 1 aromatic heterocycles. The second-order valence-electron chi connectivity index (χ2n) is 11.4. The number of benzene rings is 3. The molecule has 2 aliphatic heterocycles. The minimum Gasteiger partial charge on any atom is -0.461 e. The molecule has 1 saturated heterocycles. The topological polar surface area (TPSA) is 194 Å². The van der Waals surface area contributed by atoms with Gasteiger partial charge in [0.1, 0.15) is 29.3 Å². The molecule has 3 N–H and O–H groups in total. The first-order valence-corrected chi connectivity index (χ1v) is 16.7. The van der Waals surface area contributed by atoms with Gasteiger partial charge in [0.2, 0.25) is 6.10 Å². The Balaban J connectivity index is 1.26. The average Bonchev–Trinajstić information content (AvgIpc) is 3.14. The van der Waals surface area contributed by atoms with Crippen molar-refractivity contribution in [2.24, 2.45) is 0 Å². The van der Waals surface area contributed by atoms with Gasteiger partial charge in [0.25, 0.3) is 17.4 Å². The largest absolute Gasteiger partial charge is 0.461 e. The fraction of sp³-hybridized carbons (Fsp3) is 0.194. The number of nitrogens with zero attached hydrogens (tertiary/aromatic N) is 1. The third-order valence-electron chi connectivity index (χ3n) is 8.02. The van der Waals surface area contributed by atoms with E-state index in [4.69, 9.17) is 14.2 Å². The van der Waals surface area contributed by atoms with E-state index in [0.717, 1.165) is 6.20 Å². The molecule has 0 spiro atoms. The molecule has 14 nitrogen and oxygen atoms in total. The molecule has 2 aliphatic rings. The maximum Gasteiger partial charge on any atom is 0.356 e. The zero-order chi connectivity index (χ0) is 36.1. The van der Waals surface area contributed by atoms with Crippen molar-refractivity contribution in [3.8, 4) is 0 Å². The molecule has 2 amide bonds. The van der Waals surface area contributed by atoms with Gasteiger partial charge in [-0.25, -0.2) is 14.4 Å². The molecule has 6 rings (SSSR count). The highest BCUT2D eigenvalue weighted by molar-refractivity contribution is 8.00. The van der Waals surface area contributed by atoms with Crippen LogP contribution in [-0.2, 0) is 33.4 Å². The molecule has 1 unspecified atom stereocenters. The van der Waals surface area contributed by atoms with Crippen molar-refractivity contribution in [3.05, 3.63) is 152 Å². The fourth-order valence-corrected chi connectivity index (χ4v) is 6.91. The standard InChI is InChI=1S/C36H30N4O10S/c1-20(41)48-18-24-19-51-33-26(38-31(43)29(23-15-9-4-10-16-23)50-34(45)25-17-37-36(47)39-30(25)42)32(44)40(33)27(24)35(46)49-28(21-11-5-2-6-12-21)22-13-7-3-8-14-22/h2-17,26,28-29,33H,18-19H2,1H3,(H,38,43)(H2,37,39,42,47)/t26-,29?,33+/m0/s1. The normalized spacial score (nSPS) is 17.1. The van der Waals surface area contributed by atoms with E-state index in [1.807, 2.05) is 65.6 Å². The minimum absolute atomic E-state index is 0.101. The number of nitrogens with one attached hydrogen (secondary N) is 3. The van der Waals surface area contributed by atoms with Gasteiger partial charge in [0.05, 0.1) is 0 Å². The zero-order valence-electron chi connectivity index (χ0n) is 26.9. The highest BCUT2D eigenvalue weighted by Crippen LogP contribution is 2.42. The Morgan fingerprint density at radius 2 is 1.43 bits per heavy atom. The monoisotopic (exact) mass is 710 g/mol. The first-order valence-electron chi connectivity index (χ1n) is 15.6. The summed E-state index contributed by atoms with van der Waals surface area (Å²) >= 11 is 1.23. The van der Waals surface area contributed by atoms with Gasteiger partial charge in [0.15, 0.2) is 6.10 Å². The molecule has 1 fully saturated rings. The molecule has 3 heterocycles. The number of aromatic amines is 2. The van der Waals surface area contributed by atoms with Crippen LogP contribution >= 0.6 is 11.8 Å². The second-order valence-corrected chi connectivity index (χ2v) is 12.5. The third-order valence-corrected chi connectivity index (χ3v) is 9.36. The van der Waals surface area contributed by atoms with Gasteiger partial charge in [-0.1, -0.05) is 91.0 Å². The van der Waals surface area contributed by atoms with Crippen LogP contribution in [0.1, 0.15) is 46.2 Å². The molecule has 3 aromatic carbocycles. The van der Waals surface area contributed by atoms with Crippen molar-refractivity contribution in [1.29, 1.82) is 0 Å². The Labute approximate surface area is 293 Å². The zero-order valence-corrected chi connectivity index (χ0v) is 27.7. The summed E-state index contributed by atoms with van der Waals surface area (Å²) in [6.45, 7) is 0.958. The van der Waals surface area contributed by atoms with E-state index in [9.17, 15) is 33.6 Å². The van der Waals surface area contributed by atoms with Crippen LogP contribution in [-0.4, -0.2) is 68.4 Å². The number of hydrogen-bond donors (Lipinski definition) is 3. The van der Waals surface area contributed by atoms with Crippen molar-refractivity contribution in [2.75, 3.05) is 12.4 Å². The van der Waals surface area contributed by atoms with E-state index >= 15 is 0 Å². The van der Waals surface area contributed by atoms with Crippen LogP contribution in [0.25, 0.3) is 0 Å². The van der Waals surface area contributed by atoms with Crippen molar-refractivity contribution in [1.82, 2.24) is 20.2 Å². The molecule has 51 heavy (non-hydrogen) atoms. The van der Waals surface area contributed by atoms with Crippen LogP contribution in [0.4, 0.5) is 0 Å². The van der Waals surface area contributed by atoms with Gasteiger partial charge in [-0.2, -0.15) is 0 Å². The Kier molecular flexibility index (Phi) is 10.3. The summed E-state index contributed by atoms with van der Waals surface area (Å²) in [5, 5.41) is 1.86. The van der Waals surface area contributed by atoms with Gasteiger partial charge in [-0.15, -0.1) is 11.8 Å². The minimum atomic E-state index is -1.60. The third kappa shape index (κ3) is 7.52. The number of H-pyrrole nitrogens is 2. The number of esters is 3. The van der Waals surface area contributed by atoms with Crippen molar-refractivity contribution >= 4 is 41.5 Å². The average molecular weight is 711 g/mol. The summed E-state index contributed by atoms with van der Waals surface area (Å²) in [6, 6.07) is 24.9. The van der Waals surface area contributed by atoms with Crippen molar-refractivity contribution < 1.29 is 38.2 Å². The van der Waals surface area contributed by atoms with Crippen LogP contribution in [0, 0.1) is 0 Å². The number of ether oxygens (including phenoxy) is 3. The predicted octanol–water partition coefficient (Wildman–Crippen LogP) is 2.51. The quantitative estimate of drug-likeness (QED) is 0.118. The molecule has 0 saturated carbocycles. The van der Waals surface area contributed by atoms with E-state index in [-0.39, 0.29) is 23.6 Å². The van der Waals surface area contributed by atoms with E-state index in [2.05, 4.69) is 10.3 Å². The number of hydrogen-bond acceptors (Lipinski definition) is 11. The van der Waals surface area contributed by atoms with Gasteiger partial charge < -0.3 is 24.5 Å². The van der Waals surface area contributed by atoms with Crippen LogP contribution in [0.5, 0.6) is 0 Å². The van der Waals surface area contributed by atoms with E-state index < -0.39 is 70.2 Å². The summed E-state index contributed by atoms with van der Waals surface area (Å²) in [7, 11) is 0. The molecule has 0 radical (unpaired) electrons. The van der Waals surface area contributed by atoms with Gasteiger partial charge >= 0.3 is 23.6 Å². The lowest BCUT2D eigenvalue weighted by Gasteiger charge is -2.50. The summed E-state index contributed by atoms with van der Waals surface area (Å²) in [6.07, 6.45) is -1.56. The molecule has 4 aromatic rings. The maximum atomic E-state index is 14.1. The number of amides is 2. The summed E-state index contributed by atoms with van der Waals surface area (Å²) < 4.78 is 16.7. The molecule has 0 bridgehead atoms. The van der Waals surface area contributed by atoms with Crippen LogP contribution in [0.2, 0.25) is 0 Å². The number of β-lactam (4-membered cyclic amide) rings is 1. The molecular formula is C36H30N4O10S. The Morgan fingerprint density at radius 3 is 2.00 bits per heavy atom. The Morgan fingerprint density at radius 1 is 0.843 bits per heavy atom. The number of rotatable bonds is 11. The van der Waals surface area contributed by atoms with E-state index in [1.54, 1.807) is 18.2 Å². The van der Waals surface area contributed by atoms with Crippen LogP contribution in [0.3, 0.4) is 0 Å². The lowest BCUT2D eigenvalue weighted by molar-refractivity contribution is -0.155. The number of carbonyl (C=O) groups is 5. The number of thioether (sulfide) groups is 1. The molecule has 260 valence electrons. The molecule has 3 atom stereocenters. The second kappa shape index (κ2) is 15.1. The lowest BCUT2D eigenvalue weighted by atomic mass is 10.00. The van der Waals surface area contributed by atoms with Gasteiger partial charge in [-0.05, 0) is 11.1 Å². The Hall–Kier alpha value is -6.22. The molecule has 0 aliphatic carbocycles. The van der Waals surface area contributed by atoms with E-state index in [1.165, 1.54) is 35.7 Å². The summed E-state index contributed by atoms with van der Waals surface area (Å²) in [5.74, 6) is -3.98. The van der Waals surface area contributed by atoms with Crippen molar-refractivity contribution in [3.63, 3.8) is 0 Å². The summed E-state index contributed by atoms with van der Waals surface area (Å²) in [4.78, 5) is 95.2. The van der Waals surface area contributed by atoms with Crippen LogP contribution in [0.15, 0.2) is 118 Å². The number of aromatic nitrogens is 2. The SMILES string of the molecule is CC(=O)OCC1=C(C(=O)OC(c2ccccc2)c2ccccc2)N2C(=O)[C@H](NC(=O)C(OC(=O)c3c[nH]c(=O)[nH]c3=O)c3ccccc3)[C@H]2SC1. The van der Waals surface area contributed by atoms with Gasteiger partial charge in [-0.3, -0.25) is 29.1 Å². The summed E-state index contributed by atoms with van der Waals surface area (Å²) in [5.41, 5.74) is -0.544. The lowest BCUT2D eigenvalue weighted by Crippen LogP contribution is -2.71. The first-order chi connectivity index (χ1) is 24.6. The maximum absolute atomic E-state index is 14.1. The molecule has 15 heteroatoms. The fourth-order valence-electron chi connectivity index (χ4n) is 5.58. The number of fused-ring (bicyclic) bond motifs is 1. The highest BCUT2D eigenvalue weighted by Gasteiger charge is 2.55. The van der Waals surface area contributed by atoms with Gasteiger partial charge in [0, 0.05) is 30.0 Å².